The second-order valence-electron chi connectivity index (χ2n) is 4.66. The first-order valence-corrected chi connectivity index (χ1v) is 6.61. The van der Waals surface area contributed by atoms with E-state index in [0.29, 0.717) is 11.3 Å². The summed E-state index contributed by atoms with van der Waals surface area (Å²) in [5.74, 6) is -0.200. The van der Waals surface area contributed by atoms with Crippen LogP contribution in [0.15, 0.2) is 48.5 Å². The Morgan fingerprint density at radius 1 is 1.10 bits per heavy atom. The minimum absolute atomic E-state index is 0.00819. The lowest BCUT2D eigenvalue weighted by Gasteiger charge is -2.10. The third-order valence-corrected chi connectivity index (χ3v) is 3.04. The predicted molar refractivity (Wildman–Crippen MR) is 82.4 cm³/mol. The van der Waals surface area contributed by atoms with Crippen molar-refractivity contribution in [2.75, 3.05) is 19.0 Å². The molecule has 2 rings (SSSR count). The van der Waals surface area contributed by atoms with E-state index in [1.807, 2.05) is 36.4 Å². The van der Waals surface area contributed by atoms with Crippen LogP contribution >= 0.6 is 0 Å². The number of amides is 1. The van der Waals surface area contributed by atoms with Crippen molar-refractivity contribution in [2.45, 2.75) is 6.92 Å². The fraction of sp³-hybridized carbons (Fsp3) is 0.176. The summed E-state index contributed by atoms with van der Waals surface area (Å²) in [6, 6.07) is 14.8. The second kappa shape index (κ2) is 6.81. The zero-order valence-electron chi connectivity index (χ0n) is 12.1. The molecule has 4 nitrogen and oxygen atoms in total. The average molecular weight is 283 g/mol. The summed E-state index contributed by atoms with van der Waals surface area (Å²) in [5.41, 5.74) is 3.08. The molecule has 0 saturated carbocycles. The minimum atomic E-state index is -0.213. The largest absolute Gasteiger partial charge is 0.375 e. The number of Topliss-reactive ketones (excluding diaryl/α,β-unsaturated/α-hetero) is 1. The molecule has 0 unspecified atom stereocenters. The number of rotatable bonds is 5. The van der Waals surface area contributed by atoms with Crippen molar-refractivity contribution in [3.63, 3.8) is 0 Å². The molecule has 0 heterocycles. The summed E-state index contributed by atoms with van der Waals surface area (Å²) in [7, 11) is 1.47. The monoisotopic (exact) mass is 283 g/mol. The van der Waals surface area contributed by atoms with Gasteiger partial charge in [0, 0.05) is 18.4 Å². The number of carbonyl (C=O) groups is 2. The van der Waals surface area contributed by atoms with Crippen LogP contribution in [-0.2, 0) is 9.53 Å². The Hall–Kier alpha value is -2.46. The number of hydrogen-bond acceptors (Lipinski definition) is 3. The number of anilines is 1. The summed E-state index contributed by atoms with van der Waals surface area (Å²) in [6.07, 6.45) is 0. The van der Waals surface area contributed by atoms with Crippen LogP contribution < -0.4 is 5.32 Å². The van der Waals surface area contributed by atoms with Gasteiger partial charge in [-0.25, -0.2) is 0 Å². The second-order valence-corrected chi connectivity index (χ2v) is 4.66. The highest BCUT2D eigenvalue weighted by Crippen LogP contribution is 2.26. The molecule has 0 aliphatic carbocycles. The van der Waals surface area contributed by atoms with Crippen LogP contribution in [0.25, 0.3) is 11.1 Å². The van der Waals surface area contributed by atoms with E-state index in [1.54, 1.807) is 19.1 Å². The summed E-state index contributed by atoms with van der Waals surface area (Å²) < 4.78 is 4.78. The van der Waals surface area contributed by atoms with Crippen LogP contribution in [0.1, 0.15) is 17.3 Å². The van der Waals surface area contributed by atoms with Gasteiger partial charge < -0.3 is 10.1 Å². The van der Waals surface area contributed by atoms with Gasteiger partial charge in [0.15, 0.2) is 5.78 Å². The third kappa shape index (κ3) is 3.77. The van der Waals surface area contributed by atoms with Crippen molar-refractivity contribution in [3.8, 4) is 11.1 Å². The van der Waals surface area contributed by atoms with E-state index < -0.39 is 0 Å². The number of benzene rings is 2. The lowest BCUT2D eigenvalue weighted by molar-refractivity contribution is -0.119. The fourth-order valence-corrected chi connectivity index (χ4v) is 2.13. The molecule has 0 radical (unpaired) electrons. The van der Waals surface area contributed by atoms with Crippen LogP contribution in [0.2, 0.25) is 0 Å². The van der Waals surface area contributed by atoms with Gasteiger partial charge in [0.1, 0.15) is 6.61 Å². The van der Waals surface area contributed by atoms with E-state index in [1.165, 1.54) is 7.11 Å². The van der Waals surface area contributed by atoms with E-state index >= 15 is 0 Å². The molecule has 4 heteroatoms. The van der Waals surface area contributed by atoms with Gasteiger partial charge in [0.2, 0.25) is 5.91 Å². The van der Waals surface area contributed by atoms with E-state index in [2.05, 4.69) is 5.32 Å². The molecule has 0 aromatic heterocycles. The van der Waals surface area contributed by atoms with Crippen molar-refractivity contribution in [3.05, 3.63) is 54.1 Å². The van der Waals surface area contributed by atoms with Crippen molar-refractivity contribution >= 4 is 17.4 Å². The zero-order valence-corrected chi connectivity index (χ0v) is 12.1. The standard InChI is InChI=1S/C17H17NO3/c1-12(19)15-8-3-4-9-16(15)13-6-5-7-14(10-13)18-17(20)11-21-2/h3-10H,11H2,1-2H3,(H,18,20). The van der Waals surface area contributed by atoms with Crippen LogP contribution in [0, 0.1) is 0 Å². The summed E-state index contributed by atoms with van der Waals surface area (Å²) >= 11 is 0. The number of hydrogen-bond donors (Lipinski definition) is 1. The van der Waals surface area contributed by atoms with Gasteiger partial charge in [-0.3, -0.25) is 9.59 Å². The van der Waals surface area contributed by atoms with Crippen molar-refractivity contribution < 1.29 is 14.3 Å². The number of carbonyl (C=O) groups excluding carboxylic acids is 2. The maximum Gasteiger partial charge on any atom is 0.250 e. The number of methoxy groups -OCH3 is 1. The van der Waals surface area contributed by atoms with Crippen molar-refractivity contribution in [2.24, 2.45) is 0 Å². The predicted octanol–water partition coefficient (Wildman–Crippen LogP) is 3.14. The molecule has 2 aromatic rings. The lowest BCUT2D eigenvalue weighted by Crippen LogP contribution is -2.17. The van der Waals surface area contributed by atoms with Crippen molar-refractivity contribution in [1.82, 2.24) is 0 Å². The maximum absolute atomic E-state index is 11.7. The molecule has 0 bridgehead atoms. The van der Waals surface area contributed by atoms with Gasteiger partial charge in [-0.15, -0.1) is 0 Å². The topological polar surface area (TPSA) is 55.4 Å². The van der Waals surface area contributed by atoms with E-state index in [-0.39, 0.29) is 18.3 Å². The highest BCUT2D eigenvalue weighted by molar-refractivity contribution is 6.01. The third-order valence-electron chi connectivity index (χ3n) is 3.04. The van der Waals surface area contributed by atoms with E-state index in [9.17, 15) is 9.59 Å². The van der Waals surface area contributed by atoms with Gasteiger partial charge in [0.25, 0.3) is 0 Å². The van der Waals surface area contributed by atoms with E-state index in [4.69, 9.17) is 4.74 Å². The Kier molecular flexibility index (Phi) is 4.85. The lowest BCUT2D eigenvalue weighted by atomic mass is 9.97. The average Bonchev–Trinajstić information content (AvgIpc) is 2.47. The van der Waals surface area contributed by atoms with Gasteiger partial charge in [-0.2, -0.15) is 0 Å². The molecule has 21 heavy (non-hydrogen) atoms. The Morgan fingerprint density at radius 3 is 2.57 bits per heavy atom. The Balaban J connectivity index is 2.34. The molecular weight excluding hydrogens is 266 g/mol. The molecule has 0 saturated heterocycles. The smallest absolute Gasteiger partial charge is 0.250 e. The summed E-state index contributed by atoms with van der Waals surface area (Å²) in [4.78, 5) is 23.2. The Bertz CT molecular complexity index is 665. The molecule has 0 spiro atoms. The molecule has 0 aliphatic rings. The van der Waals surface area contributed by atoms with Crippen LogP contribution in [-0.4, -0.2) is 25.4 Å². The van der Waals surface area contributed by atoms with Gasteiger partial charge >= 0.3 is 0 Å². The number of ketones is 1. The summed E-state index contributed by atoms with van der Waals surface area (Å²) in [6.45, 7) is 1.55. The zero-order chi connectivity index (χ0) is 15.2. The number of nitrogens with one attached hydrogen (secondary N) is 1. The molecule has 2 aromatic carbocycles. The Labute approximate surface area is 123 Å². The minimum Gasteiger partial charge on any atom is -0.375 e. The van der Waals surface area contributed by atoms with Crippen LogP contribution in [0.4, 0.5) is 5.69 Å². The molecule has 108 valence electrons. The molecular formula is C17H17NO3. The molecule has 1 N–H and O–H groups in total. The highest BCUT2D eigenvalue weighted by atomic mass is 16.5. The molecule has 0 atom stereocenters. The SMILES string of the molecule is COCC(=O)Nc1cccc(-c2ccccc2C(C)=O)c1. The first kappa shape index (κ1) is 14.9. The van der Waals surface area contributed by atoms with Crippen LogP contribution in [0.3, 0.4) is 0 Å². The van der Waals surface area contributed by atoms with Gasteiger partial charge in [0.05, 0.1) is 0 Å². The van der Waals surface area contributed by atoms with E-state index in [0.717, 1.165) is 11.1 Å². The Morgan fingerprint density at radius 2 is 1.86 bits per heavy atom. The van der Waals surface area contributed by atoms with Crippen LogP contribution in [0.5, 0.6) is 0 Å². The summed E-state index contributed by atoms with van der Waals surface area (Å²) in [5, 5.41) is 2.75. The number of ether oxygens (including phenoxy) is 1. The maximum atomic E-state index is 11.7. The molecule has 0 fully saturated rings. The quantitative estimate of drug-likeness (QED) is 0.858. The van der Waals surface area contributed by atoms with Crippen molar-refractivity contribution in [1.29, 1.82) is 0 Å². The highest BCUT2D eigenvalue weighted by Gasteiger charge is 2.09. The van der Waals surface area contributed by atoms with Gasteiger partial charge in [-0.05, 0) is 30.2 Å². The fourth-order valence-electron chi connectivity index (χ4n) is 2.13. The normalized spacial score (nSPS) is 10.2. The first-order valence-electron chi connectivity index (χ1n) is 6.61. The molecule has 1 amide bonds. The van der Waals surface area contributed by atoms with Gasteiger partial charge in [-0.1, -0.05) is 36.4 Å². The molecule has 0 aliphatic heterocycles. The first-order chi connectivity index (χ1) is 10.1.